The smallest absolute Gasteiger partial charge is 0.123 e. The van der Waals surface area contributed by atoms with E-state index in [1.807, 2.05) is 30.5 Å². The van der Waals surface area contributed by atoms with Crippen molar-refractivity contribution in [3.8, 4) is 0 Å². The Balaban J connectivity index is 1.77. The van der Waals surface area contributed by atoms with Crippen molar-refractivity contribution in [3.63, 3.8) is 0 Å². The van der Waals surface area contributed by atoms with E-state index in [-0.39, 0.29) is 5.82 Å². The van der Waals surface area contributed by atoms with Crippen LogP contribution in [0.3, 0.4) is 0 Å². The molecular formula is C17H16FN3. The number of nitrogen functional groups attached to an aromatic ring is 1. The molecule has 0 aliphatic carbocycles. The number of hydrogen-bond donors (Lipinski definition) is 1. The number of rotatable bonds is 4. The molecule has 21 heavy (non-hydrogen) atoms. The quantitative estimate of drug-likeness (QED) is 0.746. The van der Waals surface area contributed by atoms with Crippen LogP contribution in [0, 0.1) is 5.82 Å². The summed E-state index contributed by atoms with van der Waals surface area (Å²) >= 11 is 0. The fraction of sp³-hybridized carbons (Fsp3) is 0.118. The van der Waals surface area contributed by atoms with E-state index < -0.39 is 0 Å². The third-order valence-corrected chi connectivity index (χ3v) is 3.41. The van der Waals surface area contributed by atoms with Crippen molar-refractivity contribution in [1.29, 1.82) is 0 Å². The number of benzene rings is 2. The van der Waals surface area contributed by atoms with Crippen molar-refractivity contribution >= 4 is 5.69 Å². The molecule has 0 spiro atoms. The Labute approximate surface area is 122 Å². The Morgan fingerprint density at radius 2 is 1.62 bits per heavy atom. The van der Waals surface area contributed by atoms with E-state index in [9.17, 15) is 4.39 Å². The maximum atomic E-state index is 12.9. The van der Waals surface area contributed by atoms with Gasteiger partial charge >= 0.3 is 0 Å². The highest BCUT2D eigenvalue weighted by atomic mass is 19.1. The van der Waals surface area contributed by atoms with Crippen LogP contribution in [0.2, 0.25) is 0 Å². The van der Waals surface area contributed by atoms with Gasteiger partial charge in [0.2, 0.25) is 0 Å². The lowest BCUT2D eigenvalue weighted by atomic mass is 10.1. The molecule has 2 N–H and O–H groups in total. The number of nitrogens with zero attached hydrogens (tertiary/aromatic N) is 2. The number of aromatic nitrogens is 2. The molecule has 3 rings (SSSR count). The molecular weight excluding hydrogens is 265 g/mol. The first kappa shape index (κ1) is 13.4. The van der Waals surface area contributed by atoms with E-state index in [0.29, 0.717) is 6.42 Å². The Bertz CT molecular complexity index is 653. The molecule has 0 aliphatic heterocycles. The lowest BCUT2D eigenvalue weighted by Gasteiger charge is -2.08. The molecule has 0 saturated heterocycles. The highest BCUT2D eigenvalue weighted by Gasteiger charge is 2.05. The molecule has 3 aromatic rings. The lowest BCUT2D eigenvalue weighted by Crippen LogP contribution is -2.05. The molecule has 0 saturated carbocycles. The van der Waals surface area contributed by atoms with E-state index >= 15 is 0 Å². The molecule has 3 nitrogen and oxygen atoms in total. The zero-order chi connectivity index (χ0) is 14.7. The second-order valence-corrected chi connectivity index (χ2v) is 5.02. The Hall–Kier alpha value is -2.62. The predicted octanol–water partition coefficient (Wildman–Crippen LogP) is 3.24. The summed E-state index contributed by atoms with van der Waals surface area (Å²) in [5, 5.41) is 0. The van der Waals surface area contributed by atoms with Gasteiger partial charge in [-0.05, 0) is 35.4 Å². The Morgan fingerprint density at radius 1 is 0.952 bits per heavy atom. The van der Waals surface area contributed by atoms with Gasteiger partial charge < -0.3 is 10.3 Å². The number of hydrogen-bond acceptors (Lipinski definition) is 2. The van der Waals surface area contributed by atoms with E-state index in [1.165, 1.54) is 17.7 Å². The average Bonchev–Trinajstić information content (AvgIpc) is 2.91. The van der Waals surface area contributed by atoms with Crippen LogP contribution in [0.4, 0.5) is 10.1 Å². The Kier molecular flexibility index (Phi) is 3.69. The highest BCUT2D eigenvalue weighted by Crippen LogP contribution is 2.12. The summed E-state index contributed by atoms with van der Waals surface area (Å²) in [5.74, 6) is 0.738. The van der Waals surface area contributed by atoms with Crippen LogP contribution in [0.1, 0.15) is 17.0 Å². The molecule has 0 atom stereocenters. The van der Waals surface area contributed by atoms with Crippen molar-refractivity contribution in [2.45, 2.75) is 13.0 Å². The zero-order valence-electron chi connectivity index (χ0n) is 11.5. The SMILES string of the molecule is Nc1ccc(Cn2ccnc2Cc2ccc(F)cc2)cc1. The Morgan fingerprint density at radius 3 is 2.33 bits per heavy atom. The second kappa shape index (κ2) is 5.79. The maximum absolute atomic E-state index is 12.9. The molecule has 0 aliphatic rings. The summed E-state index contributed by atoms with van der Waals surface area (Å²) in [5.41, 5.74) is 8.67. The molecule has 2 aromatic carbocycles. The van der Waals surface area contributed by atoms with Crippen LogP contribution < -0.4 is 5.73 Å². The van der Waals surface area contributed by atoms with Crippen LogP contribution in [0.5, 0.6) is 0 Å². The summed E-state index contributed by atoms with van der Waals surface area (Å²) in [6, 6.07) is 14.3. The van der Waals surface area contributed by atoms with Gasteiger partial charge in [0.15, 0.2) is 0 Å². The average molecular weight is 281 g/mol. The number of halogens is 1. The van der Waals surface area contributed by atoms with Crippen molar-refractivity contribution < 1.29 is 4.39 Å². The van der Waals surface area contributed by atoms with Gasteiger partial charge in [-0.2, -0.15) is 0 Å². The molecule has 0 bridgehead atoms. The third-order valence-electron chi connectivity index (χ3n) is 3.41. The van der Waals surface area contributed by atoms with Gasteiger partial charge in [0, 0.05) is 31.0 Å². The molecule has 4 heteroatoms. The minimum absolute atomic E-state index is 0.219. The van der Waals surface area contributed by atoms with Crippen LogP contribution in [0.25, 0.3) is 0 Å². The highest BCUT2D eigenvalue weighted by molar-refractivity contribution is 5.39. The summed E-state index contributed by atoms with van der Waals surface area (Å²) in [6.07, 6.45) is 4.42. The zero-order valence-corrected chi connectivity index (χ0v) is 11.5. The van der Waals surface area contributed by atoms with Gasteiger partial charge in [0.1, 0.15) is 11.6 Å². The summed E-state index contributed by atoms with van der Waals surface area (Å²) < 4.78 is 15.0. The van der Waals surface area contributed by atoms with Gasteiger partial charge in [0.25, 0.3) is 0 Å². The fourth-order valence-electron chi connectivity index (χ4n) is 2.26. The largest absolute Gasteiger partial charge is 0.399 e. The fourth-order valence-corrected chi connectivity index (χ4v) is 2.26. The van der Waals surface area contributed by atoms with Crippen molar-refractivity contribution in [2.24, 2.45) is 0 Å². The van der Waals surface area contributed by atoms with Crippen LogP contribution in [-0.2, 0) is 13.0 Å². The molecule has 0 radical (unpaired) electrons. The first-order valence-electron chi connectivity index (χ1n) is 6.79. The summed E-state index contributed by atoms with van der Waals surface area (Å²) in [4.78, 5) is 4.39. The van der Waals surface area contributed by atoms with E-state index in [2.05, 4.69) is 9.55 Å². The van der Waals surface area contributed by atoms with Crippen LogP contribution in [0.15, 0.2) is 60.9 Å². The minimum atomic E-state index is -0.219. The van der Waals surface area contributed by atoms with Crippen LogP contribution >= 0.6 is 0 Å². The second-order valence-electron chi connectivity index (χ2n) is 5.02. The molecule has 1 heterocycles. The van der Waals surface area contributed by atoms with E-state index in [4.69, 9.17) is 5.73 Å². The van der Waals surface area contributed by atoms with Gasteiger partial charge in [0.05, 0.1) is 0 Å². The number of imidazole rings is 1. The van der Waals surface area contributed by atoms with Gasteiger partial charge in [-0.3, -0.25) is 0 Å². The third kappa shape index (κ3) is 3.28. The van der Waals surface area contributed by atoms with Crippen molar-refractivity contribution in [3.05, 3.63) is 83.7 Å². The molecule has 0 fully saturated rings. The van der Waals surface area contributed by atoms with Gasteiger partial charge in [-0.25, -0.2) is 9.37 Å². The van der Waals surface area contributed by atoms with Crippen LogP contribution in [-0.4, -0.2) is 9.55 Å². The predicted molar refractivity (Wildman–Crippen MR) is 81.4 cm³/mol. The van der Waals surface area contributed by atoms with Crippen molar-refractivity contribution in [2.75, 3.05) is 5.73 Å². The first-order valence-corrected chi connectivity index (χ1v) is 6.79. The number of anilines is 1. The topological polar surface area (TPSA) is 43.8 Å². The van der Waals surface area contributed by atoms with Gasteiger partial charge in [-0.1, -0.05) is 24.3 Å². The molecule has 1 aromatic heterocycles. The first-order chi connectivity index (χ1) is 10.2. The van der Waals surface area contributed by atoms with E-state index in [0.717, 1.165) is 23.6 Å². The monoisotopic (exact) mass is 281 g/mol. The normalized spacial score (nSPS) is 10.7. The molecule has 0 amide bonds. The lowest BCUT2D eigenvalue weighted by molar-refractivity contribution is 0.627. The molecule has 106 valence electrons. The summed E-state index contributed by atoms with van der Waals surface area (Å²) in [7, 11) is 0. The van der Waals surface area contributed by atoms with Crippen molar-refractivity contribution in [1.82, 2.24) is 9.55 Å². The standard InChI is InChI=1S/C17H16FN3/c18-15-5-1-13(2-6-15)11-17-20-9-10-21(17)12-14-3-7-16(19)8-4-14/h1-10H,11-12,19H2. The number of nitrogens with two attached hydrogens (primary N) is 1. The minimum Gasteiger partial charge on any atom is -0.399 e. The van der Waals surface area contributed by atoms with E-state index in [1.54, 1.807) is 18.3 Å². The maximum Gasteiger partial charge on any atom is 0.123 e. The summed E-state index contributed by atoms with van der Waals surface area (Å²) in [6.45, 7) is 0.747. The van der Waals surface area contributed by atoms with Gasteiger partial charge in [-0.15, -0.1) is 0 Å². The molecule has 0 unspecified atom stereocenters.